The van der Waals surface area contributed by atoms with E-state index in [1.807, 2.05) is 0 Å². The Hall–Kier alpha value is -2.91. The molecule has 0 bridgehead atoms. The number of nitrogens with one attached hydrogen (secondary N) is 2. The number of hydrogen-bond donors (Lipinski definition) is 2. The van der Waals surface area contributed by atoms with Crippen molar-refractivity contribution in [3.63, 3.8) is 0 Å². The molecule has 0 radical (unpaired) electrons. The summed E-state index contributed by atoms with van der Waals surface area (Å²) in [7, 11) is -3.74. The van der Waals surface area contributed by atoms with Gasteiger partial charge in [-0.1, -0.05) is 18.2 Å². The zero-order valence-corrected chi connectivity index (χ0v) is 14.7. The van der Waals surface area contributed by atoms with Crippen LogP contribution in [0.5, 0.6) is 11.5 Å². The van der Waals surface area contributed by atoms with Crippen LogP contribution >= 0.6 is 0 Å². The lowest BCUT2D eigenvalue weighted by Gasteiger charge is -2.06. The molecule has 2 aromatic rings. The fourth-order valence-electron chi connectivity index (χ4n) is 2.22. The third kappa shape index (κ3) is 4.19. The highest BCUT2D eigenvalue weighted by atomic mass is 32.2. The van der Waals surface area contributed by atoms with Crippen molar-refractivity contribution >= 4 is 21.6 Å². The summed E-state index contributed by atoms with van der Waals surface area (Å²) < 4.78 is 36.9. The van der Waals surface area contributed by atoms with Gasteiger partial charge in [-0.15, -0.1) is 0 Å². The van der Waals surface area contributed by atoms with Crippen LogP contribution in [0.15, 0.2) is 58.5 Å². The molecule has 136 valence electrons. The minimum absolute atomic E-state index is 0.0906. The van der Waals surface area contributed by atoms with E-state index in [0.717, 1.165) is 5.56 Å². The highest BCUT2D eigenvalue weighted by Gasteiger charge is 2.16. The average Bonchev–Trinajstić information content (AvgIpc) is 3.13. The van der Waals surface area contributed by atoms with Gasteiger partial charge in [-0.2, -0.15) is 5.10 Å². The van der Waals surface area contributed by atoms with Gasteiger partial charge in [0.1, 0.15) is 0 Å². The average molecular weight is 375 g/mol. The molecule has 0 saturated heterocycles. The summed E-state index contributed by atoms with van der Waals surface area (Å²) in [4.78, 5) is 11.9. The fraction of sp³-hybridized carbons (Fsp3) is 0.176. The number of nitrogens with zero attached hydrogens (tertiary/aromatic N) is 1. The van der Waals surface area contributed by atoms with Gasteiger partial charge >= 0.3 is 0 Å². The normalized spacial score (nSPS) is 13.5. The van der Waals surface area contributed by atoms with Crippen molar-refractivity contribution < 1.29 is 22.7 Å². The van der Waals surface area contributed by atoms with E-state index in [1.165, 1.54) is 12.1 Å². The minimum atomic E-state index is -3.74. The van der Waals surface area contributed by atoms with Gasteiger partial charge in [0.15, 0.2) is 11.5 Å². The molecular formula is C17H17N3O5S. The molecule has 0 atom stereocenters. The number of hydrazone groups is 1. The molecule has 8 nitrogen and oxygen atoms in total. The summed E-state index contributed by atoms with van der Waals surface area (Å²) in [5.74, 6) is 0.685. The largest absolute Gasteiger partial charge is 0.454 e. The summed E-state index contributed by atoms with van der Waals surface area (Å²) in [6, 6.07) is 13.1. The summed E-state index contributed by atoms with van der Waals surface area (Å²) in [6.07, 6.45) is 0. The van der Waals surface area contributed by atoms with Gasteiger partial charge in [0.2, 0.25) is 16.8 Å². The van der Waals surface area contributed by atoms with E-state index in [0.29, 0.717) is 17.2 Å². The van der Waals surface area contributed by atoms with Gasteiger partial charge in [-0.3, -0.25) is 4.79 Å². The van der Waals surface area contributed by atoms with Crippen molar-refractivity contribution in [2.45, 2.75) is 11.8 Å². The molecule has 1 heterocycles. The number of carbonyl (C=O) groups is 1. The zero-order valence-electron chi connectivity index (χ0n) is 13.9. The summed E-state index contributed by atoms with van der Waals surface area (Å²) in [6.45, 7) is 1.47. The van der Waals surface area contributed by atoms with E-state index in [-0.39, 0.29) is 11.7 Å². The first kappa shape index (κ1) is 17.9. The van der Waals surface area contributed by atoms with E-state index < -0.39 is 22.5 Å². The van der Waals surface area contributed by atoms with E-state index in [1.54, 1.807) is 43.3 Å². The Morgan fingerprint density at radius 1 is 1.12 bits per heavy atom. The molecule has 0 fully saturated rings. The van der Waals surface area contributed by atoms with E-state index in [9.17, 15) is 13.2 Å². The first-order chi connectivity index (χ1) is 12.5. The van der Waals surface area contributed by atoms with Gasteiger partial charge in [0.05, 0.1) is 17.2 Å². The summed E-state index contributed by atoms with van der Waals surface area (Å²) in [5.41, 5.74) is 3.62. The van der Waals surface area contributed by atoms with Crippen molar-refractivity contribution in [1.82, 2.24) is 10.1 Å². The third-order valence-electron chi connectivity index (χ3n) is 3.61. The Kier molecular flexibility index (Phi) is 5.19. The summed E-state index contributed by atoms with van der Waals surface area (Å²) in [5, 5.41) is 3.98. The highest BCUT2D eigenvalue weighted by molar-refractivity contribution is 7.89. The molecule has 1 amide bonds. The Morgan fingerprint density at radius 3 is 2.62 bits per heavy atom. The van der Waals surface area contributed by atoms with Crippen LogP contribution in [0, 0.1) is 0 Å². The maximum absolute atomic E-state index is 12.1. The van der Waals surface area contributed by atoms with Crippen LogP contribution in [0.4, 0.5) is 0 Å². The number of fused-ring (bicyclic) bond motifs is 1. The minimum Gasteiger partial charge on any atom is -0.454 e. The first-order valence-corrected chi connectivity index (χ1v) is 9.22. The van der Waals surface area contributed by atoms with Gasteiger partial charge < -0.3 is 9.47 Å². The van der Waals surface area contributed by atoms with Crippen molar-refractivity contribution in [3.05, 3.63) is 54.1 Å². The topological polar surface area (TPSA) is 106 Å². The van der Waals surface area contributed by atoms with Gasteiger partial charge in [0.25, 0.3) is 5.91 Å². The zero-order chi connectivity index (χ0) is 18.6. The van der Waals surface area contributed by atoms with Crippen LogP contribution in [0.3, 0.4) is 0 Å². The van der Waals surface area contributed by atoms with Crippen molar-refractivity contribution in [2.75, 3.05) is 13.3 Å². The lowest BCUT2D eigenvalue weighted by molar-refractivity contribution is -0.119. The highest BCUT2D eigenvalue weighted by Crippen LogP contribution is 2.32. The van der Waals surface area contributed by atoms with Crippen LogP contribution < -0.4 is 19.6 Å². The molecule has 0 aliphatic carbocycles. The second kappa shape index (κ2) is 7.54. The van der Waals surface area contributed by atoms with Crippen molar-refractivity contribution in [1.29, 1.82) is 0 Å². The third-order valence-corrected chi connectivity index (χ3v) is 5.03. The summed E-state index contributed by atoms with van der Waals surface area (Å²) >= 11 is 0. The van der Waals surface area contributed by atoms with E-state index in [2.05, 4.69) is 15.2 Å². The Labute approximate surface area is 150 Å². The van der Waals surface area contributed by atoms with Crippen LogP contribution in [-0.2, 0) is 14.8 Å². The number of ether oxygens (including phenoxy) is 2. The molecule has 0 saturated carbocycles. The van der Waals surface area contributed by atoms with E-state index in [4.69, 9.17) is 9.47 Å². The van der Waals surface area contributed by atoms with Crippen LogP contribution in [-0.4, -0.2) is 33.4 Å². The van der Waals surface area contributed by atoms with Crippen LogP contribution in [0.1, 0.15) is 12.5 Å². The second-order valence-corrected chi connectivity index (χ2v) is 7.20. The number of carbonyl (C=O) groups excluding carboxylic acids is 1. The van der Waals surface area contributed by atoms with Gasteiger partial charge in [-0.25, -0.2) is 18.6 Å². The molecule has 0 aromatic heterocycles. The number of amides is 1. The quantitative estimate of drug-likeness (QED) is 0.584. The van der Waals surface area contributed by atoms with Crippen molar-refractivity contribution in [2.24, 2.45) is 5.10 Å². The predicted molar refractivity (Wildman–Crippen MR) is 94.5 cm³/mol. The molecule has 0 unspecified atom stereocenters. The van der Waals surface area contributed by atoms with Crippen LogP contribution in [0.25, 0.3) is 0 Å². The van der Waals surface area contributed by atoms with Gasteiger partial charge in [0, 0.05) is 5.56 Å². The molecule has 1 aliphatic heterocycles. The maximum Gasteiger partial charge on any atom is 0.255 e. The molecule has 2 aromatic carbocycles. The van der Waals surface area contributed by atoms with Gasteiger partial charge in [-0.05, 0) is 37.3 Å². The lowest BCUT2D eigenvalue weighted by Crippen LogP contribution is -2.35. The van der Waals surface area contributed by atoms with Crippen LogP contribution in [0.2, 0.25) is 0 Å². The second-order valence-electron chi connectivity index (χ2n) is 5.44. The first-order valence-electron chi connectivity index (χ1n) is 7.73. The Balaban J connectivity index is 1.57. The molecule has 9 heteroatoms. The Morgan fingerprint density at radius 2 is 1.85 bits per heavy atom. The van der Waals surface area contributed by atoms with Crippen molar-refractivity contribution in [3.8, 4) is 11.5 Å². The molecule has 26 heavy (non-hydrogen) atoms. The van der Waals surface area contributed by atoms with E-state index >= 15 is 0 Å². The predicted octanol–water partition coefficient (Wildman–Crippen LogP) is 1.23. The Bertz CT molecular complexity index is 942. The lowest BCUT2D eigenvalue weighted by atomic mass is 10.1. The smallest absolute Gasteiger partial charge is 0.255 e. The fourth-order valence-corrected chi connectivity index (χ4v) is 3.22. The SMILES string of the molecule is C/C(=N/NC(=O)CNS(=O)(=O)c1ccccc1)c1ccc2c(c1)OCO2. The molecule has 2 N–H and O–H groups in total. The maximum atomic E-state index is 12.1. The number of rotatable bonds is 6. The standard InChI is InChI=1S/C17H17N3O5S/c1-12(13-7-8-15-16(9-13)25-11-24-15)19-20-17(21)10-18-26(22,23)14-5-3-2-4-6-14/h2-9,18H,10-11H2,1H3,(H,20,21)/b19-12-. The molecule has 3 rings (SSSR count). The molecule has 0 spiro atoms. The number of hydrogen-bond acceptors (Lipinski definition) is 6. The monoisotopic (exact) mass is 375 g/mol. The number of sulfonamides is 1. The number of benzene rings is 2. The molecular weight excluding hydrogens is 358 g/mol. The molecule has 1 aliphatic rings.